The molecule has 0 fully saturated rings. The minimum Gasteiger partial charge on any atom is -0.489 e. The molecule has 0 radical (unpaired) electrons. The fourth-order valence-electron chi connectivity index (χ4n) is 1.09. The highest BCUT2D eigenvalue weighted by molar-refractivity contribution is 5.21. The first-order chi connectivity index (χ1) is 6.95. The maximum atomic E-state index is 5.51. The average Bonchev–Trinajstić information content (AvgIpc) is 2.29. The molecular formula is C11H10N2O. The van der Waals surface area contributed by atoms with Crippen LogP contribution >= 0.6 is 0 Å². The molecule has 0 bridgehead atoms. The molecule has 0 aliphatic rings. The van der Waals surface area contributed by atoms with Gasteiger partial charge in [0.25, 0.3) is 0 Å². The smallest absolute Gasteiger partial charge is 0.119 e. The van der Waals surface area contributed by atoms with Crippen LogP contribution < -0.4 is 4.74 Å². The van der Waals surface area contributed by atoms with Crippen LogP contribution in [0, 0.1) is 0 Å². The van der Waals surface area contributed by atoms with E-state index in [2.05, 4.69) is 9.97 Å². The molecule has 2 aromatic rings. The van der Waals surface area contributed by atoms with Gasteiger partial charge < -0.3 is 4.74 Å². The van der Waals surface area contributed by atoms with Crippen molar-refractivity contribution in [2.24, 2.45) is 0 Å². The van der Waals surface area contributed by atoms with Crippen molar-refractivity contribution >= 4 is 0 Å². The van der Waals surface area contributed by atoms with E-state index in [4.69, 9.17) is 4.74 Å². The third kappa shape index (κ3) is 2.29. The summed E-state index contributed by atoms with van der Waals surface area (Å²) in [7, 11) is 0. The summed E-state index contributed by atoms with van der Waals surface area (Å²) in [6, 6.07) is 9.68. The minimum atomic E-state index is 0.505. The Morgan fingerprint density at radius 2 is 1.71 bits per heavy atom. The third-order valence-electron chi connectivity index (χ3n) is 1.76. The molecule has 0 atom stereocenters. The first-order valence-electron chi connectivity index (χ1n) is 4.37. The zero-order valence-corrected chi connectivity index (χ0v) is 7.63. The number of hydrogen-bond acceptors (Lipinski definition) is 3. The fraction of sp³-hybridized carbons (Fsp3) is 0.0909. The van der Waals surface area contributed by atoms with E-state index in [-0.39, 0.29) is 0 Å². The van der Waals surface area contributed by atoms with E-state index in [0.29, 0.717) is 6.61 Å². The van der Waals surface area contributed by atoms with Crippen LogP contribution in [0.4, 0.5) is 0 Å². The van der Waals surface area contributed by atoms with Gasteiger partial charge >= 0.3 is 0 Å². The van der Waals surface area contributed by atoms with Gasteiger partial charge in [-0.1, -0.05) is 18.2 Å². The Hall–Kier alpha value is -1.90. The van der Waals surface area contributed by atoms with Crippen molar-refractivity contribution in [2.75, 3.05) is 0 Å². The highest BCUT2D eigenvalue weighted by atomic mass is 16.5. The summed E-state index contributed by atoms with van der Waals surface area (Å²) in [4.78, 5) is 7.81. The van der Waals surface area contributed by atoms with E-state index in [1.807, 2.05) is 30.3 Å². The predicted molar refractivity (Wildman–Crippen MR) is 52.8 cm³/mol. The second-order valence-electron chi connectivity index (χ2n) is 2.85. The lowest BCUT2D eigenvalue weighted by Crippen LogP contribution is -1.96. The van der Waals surface area contributed by atoms with E-state index in [1.165, 1.54) is 6.33 Å². The zero-order valence-electron chi connectivity index (χ0n) is 7.63. The number of aromatic nitrogens is 2. The van der Waals surface area contributed by atoms with Gasteiger partial charge in [-0.25, -0.2) is 9.97 Å². The van der Waals surface area contributed by atoms with Gasteiger partial charge in [-0.15, -0.1) is 0 Å². The molecule has 0 saturated carbocycles. The van der Waals surface area contributed by atoms with E-state index in [1.54, 1.807) is 12.4 Å². The van der Waals surface area contributed by atoms with Crippen molar-refractivity contribution in [2.45, 2.75) is 6.61 Å². The Labute approximate surface area is 82.4 Å². The van der Waals surface area contributed by atoms with Crippen molar-refractivity contribution < 1.29 is 4.74 Å². The number of ether oxygens (including phenoxy) is 1. The summed E-state index contributed by atoms with van der Waals surface area (Å²) >= 11 is 0. The molecule has 3 nitrogen and oxygen atoms in total. The highest BCUT2D eigenvalue weighted by Gasteiger charge is 1.94. The molecule has 70 valence electrons. The molecule has 1 aromatic carbocycles. The number of para-hydroxylation sites is 1. The number of rotatable bonds is 3. The number of hydrogen-bond donors (Lipinski definition) is 0. The Morgan fingerprint density at radius 3 is 2.43 bits per heavy atom. The predicted octanol–water partition coefficient (Wildman–Crippen LogP) is 2.06. The second-order valence-corrected chi connectivity index (χ2v) is 2.85. The summed E-state index contributed by atoms with van der Waals surface area (Å²) in [5.41, 5.74) is 0.969. The number of benzene rings is 1. The van der Waals surface area contributed by atoms with Crippen LogP contribution in [0.1, 0.15) is 5.56 Å². The lowest BCUT2D eigenvalue weighted by molar-refractivity contribution is 0.305. The zero-order chi connectivity index (χ0) is 9.64. The first kappa shape index (κ1) is 8.69. The quantitative estimate of drug-likeness (QED) is 0.735. The molecule has 1 heterocycles. The van der Waals surface area contributed by atoms with Crippen LogP contribution in [0.25, 0.3) is 0 Å². The molecule has 1 aromatic heterocycles. The maximum Gasteiger partial charge on any atom is 0.119 e. The molecule has 0 aliphatic heterocycles. The van der Waals surface area contributed by atoms with Crippen LogP contribution in [0.3, 0.4) is 0 Å². The molecule has 3 heteroatoms. The normalized spacial score (nSPS) is 9.71. The Kier molecular flexibility index (Phi) is 2.71. The molecular weight excluding hydrogens is 176 g/mol. The van der Waals surface area contributed by atoms with Crippen molar-refractivity contribution in [1.82, 2.24) is 9.97 Å². The van der Waals surface area contributed by atoms with Gasteiger partial charge in [0.15, 0.2) is 0 Å². The van der Waals surface area contributed by atoms with Crippen molar-refractivity contribution in [3.8, 4) is 5.75 Å². The molecule has 14 heavy (non-hydrogen) atoms. The fourth-order valence-corrected chi connectivity index (χ4v) is 1.09. The highest BCUT2D eigenvalue weighted by Crippen LogP contribution is 2.10. The van der Waals surface area contributed by atoms with Gasteiger partial charge in [0.2, 0.25) is 0 Å². The average molecular weight is 186 g/mol. The van der Waals surface area contributed by atoms with E-state index in [0.717, 1.165) is 11.3 Å². The Balaban J connectivity index is 1.96. The Bertz CT molecular complexity index is 336. The van der Waals surface area contributed by atoms with Gasteiger partial charge in [0, 0.05) is 18.0 Å². The van der Waals surface area contributed by atoms with Crippen molar-refractivity contribution in [1.29, 1.82) is 0 Å². The lowest BCUT2D eigenvalue weighted by Gasteiger charge is -2.04. The second kappa shape index (κ2) is 4.37. The van der Waals surface area contributed by atoms with Gasteiger partial charge in [-0.05, 0) is 12.1 Å². The van der Waals surface area contributed by atoms with Gasteiger partial charge in [0.05, 0.1) is 0 Å². The molecule has 0 spiro atoms. The summed E-state index contributed by atoms with van der Waals surface area (Å²) in [5.74, 6) is 0.858. The third-order valence-corrected chi connectivity index (χ3v) is 1.76. The van der Waals surface area contributed by atoms with Crippen LogP contribution in [-0.4, -0.2) is 9.97 Å². The topological polar surface area (TPSA) is 35.0 Å². The summed E-state index contributed by atoms with van der Waals surface area (Å²) in [6.45, 7) is 0.505. The standard InChI is InChI=1S/C11H10N2O/c1-2-4-11(5-3-1)14-8-10-6-12-9-13-7-10/h1-7,9H,8H2. The first-order valence-corrected chi connectivity index (χ1v) is 4.37. The van der Waals surface area contributed by atoms with E-state index in [9.17, 15) is 0 Å². The summed E-state index contributed by atoms with van der Waals surface area (Å²) < 4.78 is 5.51. The minimum absolute atomic E-state index is 0.505. The Morgan fingerprint density at radius 1 is 1.00 bits per heavy atom. The van der Waals surface area contributed by atoms with Crippen LogP contribution in [0.5, 0.6) is 5.75 Å². The molecule has 0 N–H and O–H groups in total. The van der Waals surface area contributed by atoms with Crippen LogP contribution in [0.15, 0.2) is 49.1 Å². The molecule has 0 aliphatic carbocycles. The van der Waals surface area contributed by atoms with E-state index < -0.39 is 0 Å². The molecule has 0 unspecified atom stereocenters. The van der Waals surface area contributed by atoms with E-state index >= 15 is 0 Å². The maximum absolute atomic E-state index is 5.51. The monoisotopic (exact) mass is 186 g/mol. The van der Waals surface area contributed by atoms with Crippen LogP contribution in [0.2, 0.25) is 0 Å². The van der Waals surface area contributed by atoms with Gasteiger partial charge in [-0.3, -0.25) is 0 Å². The summed E-state index contributed by atoms with van der Waals surface area (Å²) in [6.07, 6.45) is 5.00. The van der Waals surface area contributed by atoms with Crippen LogP contribution in [-0.2, 0) is 6.61 Å². The van der Waals surface area contributed by atoms with Crippen molar-refractivity contribution in [3.63, 3.8) is 0 Å². The summed E-state index contributed by atoms with van der Waals surface area (Å²) in [5, 5.41) is 0. The largest absolute Gasteiger partial charge is 0.489 e. The molecule has 0 amide bonds. The lowest BCUT2D eigenvalue weighted by atomic mass is 10.3. The SMILES string of the molecule is c1ccc(OCc2cncnc2)cc1. The van der Waals surface area contributed by atoms with Gasteiger partial charge in [-0.2, -0.15) is 0 Å². The van der Waals surface area contributed by atoms with Gasteiger partial charge in [0.1, 0.15) is 18.7 Å². The number of nitrogens with zero attached hydrogens (tertiary/aromatic N) is 2. The molecule has 2 rings (SSSR count). The van der Waals surface area contributed by atoms with Crippen molar-refractivity contribution in [3.05, 3.63) is 54.6 Å². The molecule has 0 saturated heterocycles.